The molecule has 3 heterocycles. The first-order valence-electron chi connectivity index (χ1n) is 10.2. The Morgan fingerprint density at radius 3 is 2.39 bits per heavy atom. The van der Waals surface area contributed by atoms with E-state index in [9.17, 15) is 19.2 Å². The minimum Gasteiger partial charge on any atom is -0.365 e. The molecule has 3 rings (SSSR count). The minimum atomic E-state index is -0.440. The van der Waals surface area contributed by atoms with Crippen molar-refractivity contribution in [3.8, 4) is 0 Å². The number of fused-ring (bicyclic) bond motifs is 5. The normalized spacial score (nSPS) is 27.5. The lowest BCUT2D eigenvalue weighted by atomic mass is 9.85. The molecule has 0 aromatic heterocycles. The average molecular weight is 392 g/mol. The van der Waals surface area contributed by atoms with E-state index < -0.39 is 11.8 Å². The summed E-state index contributed by atoms with van der Waals surface area (Å²) in [7, 11) is 0. The maximum atomic E-state index is 12.4. The van der Waals surface area contributed by atoms with Crippen molar-refractivity contribution in [1.82, 2.24) is 10.4 Å². The van der Waals surface area contributed by atoms with Gasteiger partial charge in [0.05, 0.1) is 30.7 Å². The fourth-order valence-corrected chi connectivity index (χ4v) is 3.97. The van der Waals surface area contributed by atoms with Gasteiger partial charge in [0, 0.05) is 19.4 Å². The summed E-state index contributed by atoms with van der Waals surface area (Å²) in [5.41, 5.74) is 0. The first-order valence-corrected chi connectivity index (χ1v) is 10.2. The maximum Gasteiger partial charge on any atom is 0.260 e. The standard InChI is InChI=1S/C20H28N2O6/c23-12-6-2-1-5-11-21-16(24)8-4-3-7-13-27-22-19(25)17-14-9-10-15(28-14)18(17)20(22)26/h9-10,12,14-15,17-18H,1-8,11,13H2,(H,21,24). The van der Waals surface area contributed by atoms with Gasteiger partial charge in [-0.2, -0.15) is 5.06 Å². The van der Waals surface area contributed by atoms with Crippen molar-refractivity contribution in [3.05, 3.63) is 12.2 Å². The molecule has 2 fully saturated rings. The highest BCUT2D eigenvalue weighted by Gasteiger charge is 2.61. The molecule has 0 aliphatic carbocycles. The van der Waals surface area contributed by atoms with Gasteiger partial charge >= 0.3 is 0 Å². The van der Waals surface area contributed by atoms with Crippen molar-refractivity contribution in [1.29, 1.82) is 0 Å². The number of nitrogens with one attached hydrogen (secondary N) is 1. The second kappa shape index (κ2) is 9.93. The van der Waals surface area contributed by atoms with Crippen LogP contribution in [0.5, 0.6) is 0 Å². The highest BCUT2D eigenvalue weighted by Crippen LogP contribution is 2.45. The number of hydrogen-bond acceptors (Lipinski definition) is 6. The first-order chi connectivity index (χ1) is 13.6. The number of aldehydes is 1. The van der Waals surface area contributed by atoms with Crippen LogP contribution in [0.3, 0.4) is 0 Å². The Morgan fingerprint density at radius 2 is 1.71 bits per heavy atom. The van der Waals surface area contributed by atoms with Crippen LogP contribution in [0, 0.1) is 11.8 Å². The van der Waals surface area contributed by atoms with E-state index in [4.69, 9.17) is 9.57 Å². The molecule has 1 N–H and O–H groups in total. The van der Waals surface area contributed by atoms with Gasteiger partial charge in [-0.1, -0.05) is 25.0 Å². The Morgan fingerprint density at radius 1 is 1.04 bits per heavy atom. The number of unbranched alkanes of at least 4 members (excludes halogenated alkanes) is 5. The van der Waals surface area contributed by atoms with Crippen molar-refractivity contribution < 1.29 is 28.8 Å². The van der Waals surface area contributed by atoms with E-state index in [0.717, 1.165) is 43.5 Å². The number of hydroxylamine groups is 2. The van der Waals surface area contributed by atoms with E-state index in [0.29, 0.717) is 25.8 Å². The molecule has 4 unspecified atom stereocenters. The van der Waals surface area contributed by atoms with E-state index in [2.05, 4.69) is 5.32 Å². The summed E-state index contributed by atoms with van der Waals surface area (Å²) in [6, 6.07) is 0. The molecular formula is C20H28N2O6. The van der Waals surface area contributed by atoms with Gasteiger partial charge in [0.2, 0.25) is 5.91 Å². The van der Waals surface area contributed by atoms with E-state index in [-0.39, 0.29) is 36.5 Å². The lowest BCUT2D eigenvalue weighted by molar-refractivity contribution is -0.192. The van der Waals surface area contributed by atoms with Crippen LogP contribution in [0.1, 0.15) is 51.4 Å². The second-order valence-corrected chi connectivity index (χ2v) is 7.48. The Balaban J connectivity index is 1.22. The van der Waals surface area contributed by atoms with Gasteiger partial charge in [0.15, 0.2) is 0 Å². The van der Waals surface area contributed by atoms with E-state index in [1.54, 1.807) is 0 Å². The topological polar surface area (TPSA) is 102 Å². The SMILES string of the molecule is O=CCCCCCNC(=O)CCCCCON1C(=O)C2C3C=CC(O3)C2C1=O. The number of imide groups is 1. The summed E-state index contributed by atoms with van der Waals surface area (Å²) in [6.45, 7) is 0.918. The summed E-state index contributed by atoms with van der Waals surface area (Å²) in [5.74, 6) is -1.47. The molecule has 2 bridgehead atoms. The highest BCUT2D eigenvalue weighted by atomic mass is 16.7. The molecule has 0 aromatic carbocycles. The van der Waals surface area contributed by atoms with Crippen LogP contribution in [0.25, 0.3) is 0 Å². The molecule has 0 saturated carbocycles. The fraction of sp³-hybridized carbons (Fsp3) is 0.700. The van der Waals surface area contributed by atoms with E-state index in [1.807, 2.05) is 12.2 Å². The lowest BCUT2D eigenvalue weighted by Crippen LogP contribution is -2.34. The first kappa shape index (κ1) is 20.7. The quantitative estimate of drug-likeness (QED) is 0.219. The van der Waals surface area contributed by atoms with Gasteiger partial charge in [-0.3, -0.25) is 19.2 Å². The number of carbonyl (C=O) groups is 4. The predicted molar refractivity (Wildman–Crippen MR) is 98.6 cm³/mol. The molecule has 8 heteroatoms. The minimum absolute atomic E-state index is 0.0250. The summed E-state index contributed by atoms with van der Waals surface area (Å²) in [5, 5.41) is 3.79. The van der Waals surface area contributed by atoms with Gasteiger partial charge in [0.1, 0.15) is 6.29 Å². The molecule has 0 radical (unpaired) electrons. The van der Waals surface area contributed by atoms with Crippen LogP contribution in [0.4, 0.5) is 0 Å². The Labute approximate surface area is 164 Å². The van der Waals surface area contributed by atoms with Crippen LogP contribution in [-0.2, 0) is 28.8 Å². The molecule has 154 valence electrons. The fourth-order valence-electron chi connectivity index (χ4n) is 3.97. The molecule has 3 aliphatic heterocycles. The Kier molecular flexibility index (Phi) is 7.33. The Bertz CT molecular complexity index is 604. The number of amides is 3. The average Bonchev–Trinajstić information content (AvgIpc) is 3.36. The molecule has 28 heavy (non-hydrogen) atoms. The summed E-state index contributed by atoms with van der Waals surface area (Å²) < 4.78 is 5.57. The van der Waals surface area contributed by atoms with Crippen molar-refractivity contribution in [2.24, 2.45) is 11.8 Å². The lowest BCUT2D eigenvalue weighted by Gasteiger charge is -2.16. The number of rotatable bonds is 13. The smallest absolute Gasteiger partial charge is 0.260 e. The maximum absolute atomic E-state index is 12.4. The number of ether oxygens (including phenoxy) is 1. The summed E-state index contributed by atoms with van der Waals surface area (Å²) in [4.78, 5) is 52.1. The molecule has 2 saturated heterocycles. The van der Waals surface area contributed by atoms with Crippen LogP contribution in [-0.4, -0.2) is 54.4 Å². The monoisotopic (exact) mass is 392 g/mol. The van der Waals surface area contributed by atoms with E-state index >= 15 is 0 Å². The molecule has 0 spiro atoms. The second-order valence-electron chi connectivity index (χ2n) is 7.48. The zero-order valence-corrected chi connectivity index (χ0v) is 16.0. The summed E-state index contributed by atoms with van der Waals surface area (Å²) >= 11 is 0. The predicted octanol–water partition coefficient (Wildman–Crippen LogP) is 1.29. The van der Waals surface area contributed by atoms with Gasteiger partial charge in [-0.25, -0.2) is 0 Å². The third kappa shape index (κ3) is 4.67. The van der Waals surface area contributed by atoms with Crippen molar-refractivity contribution >= 4 is 24.0 Å². The molecule has 8 nitrogen and oxygen atoms in total. The van der Waals surface area contributed by atoms with Crippen LogP contribution >= 0.6 is 0 Å². The highest BCUT2D eigenvalue weighted by molar-refractivity contribution is 6.05. The number of hydrogen-bond donors (Lipinski definition) is 1. The van der Waals surface area contributed by atoms with Crippen molar-refractivity contribution in [2.75, 3.05) is 13.2 Å². The number of nitrogens with zero attached hydrogens (tertiary/aromatic N) is 1. The Hall–Kier alpha value is -2.06. The van der Waals surface area contributed by atoms with Gasteiger partial charge in [-0.05, 0) is 25.7 Å². The van der Waals surface area contributed by atoms with Crippen LogP contribution in [0.15, 0.2) is 12.2 Å². The van der Waals surface area contributed by atoms with Crippen molar-refractivity contribution in [3.63, 3.8) is 0 Å². The van der Waals surface area contributed by atoms with Crippen LogP contribution in [0.2, 0.25) is 0 Å². The summed E-state index contributed by atoms with van der Waals surface area (Å²) in [6.07, 6.45) is 9.91. The zero-order valence-electron chi connectivity index (χ0n) is 16.0. The van der Waals surface area contributed by atoms with Gasteiger partial charge in [-0.15, -0.1) is 0 Å². The van der Waals surface area contributed by atoms with Crippen molar-refractivity contribution in [2.45, 2.75) is 63.6 Å². The zero-order chi connectivity index (χ0) is 19.9. The molecule has 3 aliphatic rings. The third-order valence-corrected chi connectivity index (χ3v) is 5.46. The number of carbonyl (C=O) groups excluding carboxylic acids is 4. The molecule has 3 amide bonds. The van der Waals surface area contributed by atoms with Gasteiger partial charge in [0.25, 0.3) is 11.8 Å². The third-order valence-electron chi connectivity index (χ3n) is 5.46. The molecule has 0 aromatic rings. The van der Waals surface area contributed by atoms with Gasteiger partial charge < -0.3 is 14.8 Å². The molecular weight excluding hydrogens is 364 g/mol. The molecule has 4 atom stereocenters. The van der Waals surface area contributed by atoms with Crippen LogP contribution < -0.4 is 5.32 Å². The largest absolute Gasteiger partial charge is 0.365 e. The van der Waals surface area contributed by atoms with E-state index in [1.165, 1.54) is 0 Å².